The first kappa shape index (κ1) is 8.45. The average Bonchev–Trinajstić information content (AvgIpc) is 2.61. The van der Waals surface area contributed by atoms with Crippen LogP contribution in [0.5, 0.6) is 0 Å². The molecule has 0 aliphatic carbocycles. The monoisotopic (exact) mass is 184 g/mol. The molecule has 1 atom stereocenters. The van der Waals surface area contributed by atoms with Crippen molar-refractivity contribution in [2.45, 2.75) is 50.7 Å². The van der Waals surface area contributed by atoms with Gasteiger partial charge < -0.3 is 5.73 Å². The summed E-state index contributed by atoms with van der Waals surface area (Å²) in [5, 5.41) is 0. The highest BCUT2D eigenvalue weighted by atomic mass is 32.1. The van der Waals surface area contributed by atoms with E-state index < -0.39 is 0 Å². The molecule has 2 N–H and O–H groups in total. The fraction of sp³-hybridized carbons (Fsp3) is 0.889. The van der Waals surface area contributed by atoms with Crippen LogP contribution in [0.2, 0.25) is 0 Å². The summed E-state index contributed by atoms with van der Waals surface area (Å²) < 4.78 is 0. The first-order chi connectivity index (χ1) is 5.70. The summed E-state index contributed by atoms with van der Waals surface area (Å²) in [5.74, 6) is 0. The van der Waals surface area contributed by atoms with Gasteiger partial charge in [0.15, 0.2) is 0 Å². The second-order valence-electron chi connectivity index (χ2n) is 3.99. The van der Waals surface area contributed by atoms with Crippen LogP contribution in [-0.2, 0) is 0 Å². The lowest BCUT2D eigenvalue weighted by Gasteiger charge is -2.28. The highest BCUT2D eigenvalue weighted by Crippen LogP contribution is 2.38. The predicted molar refractivity (Wildman–Crippen MR) is 54.1 cm³/mol. The van der Waals surface area contributed by atoms with E-state index in [1.165, 1.54) is 25.7 Å². The van der Waals surface area contributed by atoms with Gasteiger partial charge in [0.2, 0.25) is 0 Å². The molecule has 1 unspecified atom stereocenters. The van der Waals surface area contributed by atoms with Crippen molar-refractivity contribution < 1.29 is 0 Å². The molecule has 0 saturated carbocycles. The zero-order valence-corrected chi connectivity index (χ0v) is 8.31. The van der Waals surface area contributed by atoms with E-state index in [9.17, 15) is 0 Å². The summed E-state index contributed by atoms with van der Waals surface area (Å²) in [7, 11) is 0. The third kappa shape index (κ3) is 1.15. The second kappa shape index (κ2) is 2.96. The maximum Gasteiger partial charge on any atom is 0.0899 e. The van der Waals surface area contributed by atoms with Crippen molar-refractivity contribution in [1.29, 1.82) is 0 Å². The van der Waals surface area contributed by atoms with Crippen LogP contribution in [0.15, 0.2) is 0 Å². The molecule has 0 aromatic carbocycles. The number of rotatable bonds is 2. The molecule has 2 fully saturated rings. The van der Waals surface area contributed by atoms with Gasteiger partial charge in [-0.2, -0.15) is 0 Å². The Labute approximate surface area is 79.1 Å². The fourth-order valence-corrected chi connectivity index (χ4v) is 2.85. The van der Waals surface area contributed by atoms with Gasteiger partial charge in [0.25, 0.3) is 0 Å². The summed E-state index contributed by atoms with van der Waals surface area (Å²) in [6.07, 6.45) is 5.44. The SMILES string of the molecule is CC(C(N)=S)N1C2CCC1CC2. The van der Waals surface area contributed by atoms with Gasteiger partial charge >= 0.3 is 0 Å². The van der Waals surface area contributed by atoms with Gasteiger partial charge in [0, 0.05) is 12.1 Å². The molecule has 2 aliphatic rings. The molecular weight excluding hydrogens is 168 g/mol. The number of hydrogen-bond acceptors (Lipinski definition) is 2. The van der Waals surface area contributed by atoms with Crippen LogP contribution in [0.3, 0.4) is 0 Å². The van der Waals surface area contributed by atoms with E-state index in [1.807, 2.05) is 0 Å². The third-order valence-corrected chi connectivity index (χ3v) is 3.71. The standard InChI is InChI=1S/C9H16N2S/c1-6(9(10)12)11-7-2-3-8(11)5-4-7/h6-8H,2-5H2,1H3,(H2,10,12). The Morgan fingerprint density at radius 2 is 1.75 bits per heavy atom. The molecule has 12 heavy (non-hydrogen) atoms. The van der Waals surface area contributed by atoms with E-state index in [0.717, 1.165) is 12.1 Å². The summed E-state index contributed by atoms with van der Waals surface area (Å²) >= 11 is 5.02. The Morgan fingerprint density at radius 3 is 2.08 bits per heavy atom. The van der Waals surface area contributed by atoms with E-state index >= 15 is 0 Å². The van der Waals surface area contributed by atoms with Crippen LogP contribution >= 0.6 is 12.2 Å². The quantitative estimate of drug-likeness (QED) is 0.656. The summed E-state index contributed by atoms with van der Waals surface area (Å²) in [6.45, 7) is 2.14. The Morgan fingerprint density at radius 1 is 1.33 bits per heavy atom. The van der Waals surface area contributed by atoms with E-state index in [4.69, 9.17) is 18.0 Å². The van der Waals surface area contributed by atoms with Crippen molar-refractivity contribution in [1.82, 2.24) is 4.90 Å². The van der Waals surface area contributed by atoms with Gasteiger partial charge in [0.05, 0.1) is 11.0 Å². The average molecular weight is 184 g/mol. The maximum absolute atomic E-state index is 5.66. The summed E-state index contributed by atoms with van der Waals surface area (Å²) in [4.78, 5) is 3.19. The molecule has 0 aromatic rings. The summed E-state index contributed by atoms with van der Waals surface area (Å²) in [5.41, 5.74) is 5.66. The molecule has 0 radical (unpaired) electrons. The Bertz CT molecular complexity index is 185. The third-order valence-electron chi connectivity index (χ3n) is 3.37. The molecule has 0 aromatic heterocycles. The van der Waals surface area contributed by atoms with Crippen LogP contribution < -0.4 is 5.73 Å². The van der Waals surface area contributed by atoms with E-state index in [0.29, 0.717) is 11.0 Å². The Kier molecular flexibility index (Phi) is 2.09. The minimum Gasteiger partial charge on any atom is -0.392 e. The molecule has 2 saturated heterocycles. The molecule has 0 spiro atoms. The lowest BCUT2D eigenvalue weighted by Crippen LogP contribution is -2.44. The van der Waals surface area contributed by atoms with Gasteiger partial charge in [-0.1, -0.05) is 12.2 Å². The van der Waals surface area contributed by atoms with Gasteiger partial charge in [-0.05, 0) is 32.6 Å². The minimum atomic E-state index is 0.319. The predicted octanol–water partition coefficient (Wildman–Crippen LogP) is 1.29. The topological polar surface area (TPSA) is 29.3 Å². The van der Waals surface area contributed by atoms with Crippen LogP contribution in [0, 0.1) is 0 Å². The zero-order chi connectivity index (χ0) is 8.72. The smallest absolute Gasteiger partial charge is 0.0899 e. The van der Waals surface area contributed by atoms with Crippen molar-refractivity contribution in [3.05, 3.63) is 0 Å². The van der Waals surface area contributed by atoms with E-state index in [-0.39, 0.29) is 0 Å². The largest absolute Gasteiger partial charge is 0.392 e. The van der Waals surface area contributed by atoms with Crippen molar-refractivity contribution in [2.75, 3.05) is 0 Å². The number of hydrogen-bond donors (Lipinski definition) is 1. The molecule has 68 valence electrons. The second-order valence-corrected chi connectivity index (χ2v) is 4.46. The first-order valence-electron chi connectivity index (χ1n) is 4.77. The lowest BCUT2D eigenvalue weighted by molar-refractivity contribution is 0.232. The molecule has 2 rings (SSSR count). The van der Waals surface area contributed by atoms with Crippen molar-refractivity contribution >= 4 is 17.2 Å². The van der Waals surface area contributed by atoms with Crippen molar-refractivity contribution in [2.24, 2.45) is 5.73 Å². The minimum absolute atomic E-state index is 0.319. The number of fused-ring (bicyclic) bond motifs is 2. The molecule has 0 amide bonds. The molecule has 3 heteroatoms. The van der Waals surface area contributed by atoms with Crippen molar-refractivity contribution in [3.63, 3.8) is 0 Å². The van der Waals surface area contributed by atoms with E-state index in [1.54, 1.807) is 0 Å². The molecular formula is C9H16N2S. The Hall–Kier alpha value is -0.150. The van der Waals surface area contributed by atoms with Crippen LogP contribution in [0.4, 0.5) is 0 Å². The van der Waals surface area contributed by atoms with Gasteiger partial charge in [-0.25, -0.2) is 0 Å². The molecule has 2 bridgehead atoms. The number of thiocarbonyl (C=S) groups is 1. The van der Waals surface area contributed by atoms with Gasteiger partial charge in [-0.15, -0.1) is 0 Å². The molecule has 2 nitrogen and oxygen atoms in total. The Balaban J connectivity index is 2.09. The summed E-state index contributed by atoms with van der Waals surface area (Å²) in [6, 6.07) is 1.89. The number of nitrogens with zero attached hydrogens (tertiary/aromatic N) is 1. The van der Waals surface area contributed by atoms with Crippen molar-refractivity contribution in [3.8, 4) is 0 Å². The lowest BCUT2D eigenvalue weighted by atomic mass is 10.0. The first-order valence-corrected chi connectivity index (χ1v) is 5.17. The van der Waals surface area contributed by atoms with Crippen LogP contribution in [-0.4, -0.2) is 28.0 Å². The fourth-order valence-electron chi connectivity index (χ4n) is 2.73. The number of nitrogens with two attached hydrogens (primary N) is 1. The van der Waals surface area contributed by atoms with E-state index in [2.05, 4.69) is 11.8 Å². The van der Waals surface area contributed by atoms with Crippen LogP contribution in [0.1, 0.15) is 32.6 Å². The van der Waals surface area contributed by atoms with Crippen LogP contribution in [0.25, 0.3) is 0 Å². The molecule has 2 aliphatic heterocycles. The highest BCUT2D eigenvalue weighted by molar-refractivity contribution is 7.80. The highest BCUT2D eigenvalue weighted by Gasteiger charge is 2.42. The van der Waals surface area contributed by atoms with Gasteiger partial charge in [-0.3, -0.25) is 4.90 Å². The molecule has 2 heterocycles. The zero-order valence-electron chi connectivity index (χ0n) is 7.49. The maximum atomic E-state index is 5.66. The normalized spacial score (nSPS) is 37.1. The van der Waals surface area contributed by atoms with Gasteiger partial charge in [0.1, 0.15) is 0 Å².